The zero-order valence-corrected chi connectivity index (χ0v) is 20.5. The molecule has 0 aliphatic heterocycles. The highest BCUT2D eigenvalue weighted by Crippen LogP contribution is 2.38. The van der Waals surface area contributed by atoms with Crippen LogP contribution in [-0.4, -0.2) is 37.4 Å². The third-order valence-corrected chi connectivity index (χ3v) is 7.41. The van der Waals surface area contributed by atoms with E-state index in [1.807, 2.05) is 0 Å². The number of rotatable bonds is 6. The van der Waals surface area contributed by atoms with Crippen LogP contribution in [0.25, 0.3) is 11.2 Å². The summed E-state index contributed by atoms with van der Waals surface area (Å²) in [7, 11) is 0. The highest BCUT2D eigenvalue weighted by molar-refractivity contribution is 6.30. The maximum absolute atomic E-state index is 14.6. The maximum atomic E-state index is 14.6. The molecule has 37 heavy (non-hydrogen) atoms. The molecule has 0 saturated heterocycles. The molecule has 5 rings (SSSR count). The van der Waals surface area contributed by atoms with E-state index in [1.54, 1.807) is 4.57 Å². The van der Waals surface area contributed by atoms with Crippen LogP contribution < -0.4 is 16.4 Å². The first-order chi connectivity index (χ1) is 17.6. The van der Waals surface area contributed by atoms with E-state index in [-0.39, 0.29) is 66.5 Å². The number of anilines is 3. The van der Waals surface area contributed by atoms with Gasteiger partial charge in [-0.05, 0) is 50.7 Å². The zero-order chi connectivity index (χ0) is 26.3. The molecule has 1 amide bonds. The summed E-state index contributed by atoms with van der Waals surface area (Å²) in [4.78, 5) is 25.0. The molecule has 1 aromatic carbocycles. The number of nitrogens with two attached hydrogens (primary N) is 1. The molecule has 2 heterocycles. The van der Waals surface area contributed by atoms with Gasteiger partial charge in [-0.1, -0.05) is 11.6 Å². The lowest BCUT2D eigenvalue weighted by Gasteiger charge is -2.29. The van der Waals surface area contributed by atoms with Gasteiger partial charge in [0.1, 0.15) is 11.2 Å². The van der Waals surface area contributed by atoms with Crippen molar-refractivity contribution in [3.8, 4) is 0 Å². The molecule has 2 saturated carbocycles. The normalized spacial score (nSPS) is 22.2. The van der Waals surface area contributed by atoms with E-state index in [0.717, 1.165) is 12.1 Å². The van der Waals surface area contributed by atoms with Crippen LogP contribution in [0.2, 0.25) is 5.02 Å². The molecule has 3 aromatic rings. The Bertz CT molecular complexity index is 1290. The minimum absolute atomic E-state index is 0.0825. The molecule has 0 radical (unpaired) electrons. The number of aromatic nitrogens is 4. The number of benzene rings is 1. The quantitative estimate of drug-likeness (QED) is 0.346. The Hall–Kier alpha value is -3.15. The van der Waals surface area contributed by atoms with Gasteiger partial charge in [-0.15, -0.1) is 0 Å². The number of halogens is 5. The summed E-state index contributed by atoms with van der Waals surface area (Å²) in [5.74, 6) is -4.62. The van der Waals surface area contributed by atoms with E-state index < -0.39 is 23.2 Å². The van der Waals surface area contributed by atoms with E-state index in [1.165, 1.54) is 6.20 Å². The molecular formula is C24H26ClF4N7O. The van der Waals surface area contributed by atoms with E-state index >= 15 is 0 Å². The summed E-state index contributed by atoms with van der Waals surface area (Å²) in [5, 5.41) is 5.80. The third-order valence-electron chi connectivity index (χ3n) is 7.19. The summed E-state index contributed by atoms with van der Waals surface area (Å²) >= 11 is 5.76. The second-order valence-corrected chi connectivity index (χ2v) is 10.2. The monoisotopic (exact) mass is 539 g/mol. The van der Waals surface area contributed by atoms with Crippen LogP contribution in [-0.2, 0) is 4.79 Å². The Kier molecular flexibility index (Phi) is 6.86. The number of imidazole rings is 1. The fourth-order valence-electron chi connectivity index (χ4n) is 5.15. The van der Waals surface area contributed by atoms with Gasteiger partial charge in [-0.25, -0.2) is 27.5 Å². The summed E-state index contributed by atoms with van der Waals surface area (Å²) < 4.78 is 58.0. The van der Waals surface area contributed by atoms with E-state index in [9.17, 15) is 22.4 Å². The molecule has 0 spiro atoms. The third kappa shape index (κ3) is 5.43. The molecule has 2 aliphatic rings. The van der Waals surface area contributed by atoms with Gasteiger partial charge in [0, 0.05) is 35.9 Å². The van der Waals surface area contributed by atoms with Gasteiger partial charge in [0.15, 0.2) is 17.3 Å². The first-order valence-electron chi connectivity index (χ1n) is 12.2. The minimum Gasteiger partial charge on any atom is -0.369 e. The van der Waals surface area contributed by atoms with Crippen LogP contribution in [0.3, 0.4) is 0 Å². The number of nitrogens with one attached hydrogen (secondary N) is 2. The van der Waals surface area contributed by atoms with Gasteiger partial charge in [0.2, 0.25) is 23.7 Å². The number of fused-ring (bicyclic) bond motifs is 1. The average molecular weight is 540 g/mol. The number of alkyl halides is 2. The van der Waals surface area contributed by atoms with Crippen molar-refractivity contribution in [1.82, 2.24) is 19.5 Å². The lowest BCUT2D eigenvalue weighted by atomic mass is 9.85. The molecule has 13 heteroatoms. The zero-order valence-electron chi connectivity index (χ0n) is 19.8. The number of hydrogen-bond donors (Lipinski definition) is 3. The molecule has 198 valence electrons. The smallest absolute Gasteiger partial charge is 0.248 e. The number of primary amides is 1. The fraction of sp³-hybridized carbons (Fsp3) is 0.500. The van der Waals surface area contributed by atoms with Gasteiger partial charge in [-0.3, -0.25) is 9.36 Å². The highest BCUT2D eigenvalue weighted by Gasteiger charge is 2.35. The van der Waals surface area contributed by atoms with Crippen molar-refractivity contribution in [3.05, 3.63) is 35.0 Å². The predicted molar refractivity (Wildman–Crippen MR) is 131 cm³/mol. The summed E-state index contributed by atoms with van der Waals surface area (Å²) in [6.45, 7) is 0. The second-order valence-electron chi connectivity index (χ2n) is 9.76. The number of carbonyl (C=O) groups is 1. The molecule has 2 fully saturated rings. The van der Waals surface area contributed by atoms with Crippen molar-refractivity contribution in [2.45, 2.75) is 69.4 Å². The Labute approximate surface area is 215 Å². The Morgan fingerprint density at radius 2 is 1.70 bits per heavy atom. The standard InChI is InChI=1S/C24H26ClF4N7O/c25-13-9-16(26)19(17(27)10-13)34-23-33-18-11-31-22(32-14-5-7-24(28,29)8-6-14)35-21(18)36(23)15-3-1-12(2-4-15)20(30)37/h9-12,14-15H,1-8H2,(H2,30,37)(H,33,34)(H,31,32,35)/t12-,15-. The van der Waals surface area contributed by atoms with Crippen LogP contribution in [0.15, 0.2) is 18.3 Å². The van der Waals surface area contributed by atoms with Gasteiger partial charge in [0.05, 0.1) is 6.20 Å². The van der Waals surface area contributed by atoms with Crippen molar-refractivity contribution in [2.75, 3.05) is 10.6 Å². The molecule has 4 N–H and O–H groups in total. The molecule has 0 unspecified atom stereocenters. The topological polar surface area (TPSA) is 111 Å². The molecular weight excluding hydrogens is 514 g/mol. The van der Waals surface area contributed by atoms with Crippen LogP contribution in [0.4, 0.5) is 35.1 Å². The van der Waals surface area contributed by atoms with Gasteiger partial charge < -0.3 is 16.4 Å². The van der Waals surface area contributed by atoms with Crippen LogP contribution in [0.5, 0.6) is 0 Å². The van der Waals surface area contributed by atoms with Crippen molar-refractivity contribution in [1.29, 1.82) is 0 Å². The van der Waals surface area contributed by atoms with Crippen LogP contribution in [0.1, 0.15) is 57.4 Å². The van der Waals surface area contributed by atoms with E-state index in [0.29, 0.717) is 36.8 Å². The van der Waals surface area contributed by atoms with Crippen molar-refractivity contribution < 1.29 is 22.4 Å². The van der Waals surface area contributed by atoms with Gasteiger partial charge in [0.25, 0.3) is 0 Å². The Morgan fingerprint density at radius 3 is 2.32 bits per heavy atom. The summed E-state index contributed by atoms with van der Waals surface area (Å²) in [5.41, 5.74) is 5.87. The lowest BCUT2D eigenvalue weighted by Crippen LogP contribution is -2.32. The van der Waals surface area contributed by atoms with Crippen molar-refractivity contribution in [2.24, 2.45) is 11.7 Å². The van der Waals surface area contributed by atoms with Crippen LogP contribution in [0, 0.1) is 17.6 Å². The first-order valence-corrected chi connectivity index (χ1v) is 12.6. The molecule has 8 nitrogen and oxygen atoms in total. The fourth-order valence-corrected chi connectivity index (χ4v) is 5.35. The molecule has 0 atom stereocenters. The summed E-state index contributed by atoms with van der Waals surface area (Å²) in [6, 6.07) is 1.60. The van der Waals surface area contributed by atoms with Gasteiger partial charge >= 0.3 is 0 Å². The van der Waals surface area contributed by atoms with E-state index in [2.05, 4.69) is 25.6 Å². The number of carbonyl (C=O) groups excluding carboxylic acids is 1. The van der Waals surface area contributed by atoms with Crippen molar-refractivity contribution >= 4 is 46.3 Å². The SMILES string of the molecule is NC(=O)[C@H]1CC[C@H](n2c(Nc3c(F)cc(Cl)cc3F)nc3cnc(NC4CCC(F)(F)CC4)nc32)CC1. The second kappa shape index (κ2) is 9.96. The number of hydrogen-bond acceptors (Lipinski definition) is 6. The van der Waals surface area contributed by atoms with E-state index in [4.69, 9.17) is 17.3 Å². The first kappa shape index (κ1) is 25.5. The Balaban J connectivity index is 1.49. The lowest BCUT2D eigenvalue weighted by molar-refractivity contribution is -0.122. The number of amides is 1. The van der Waals surface area contributed by atoms with Gasteiger partial charge in [-0.2, -0.15) is 4.98 Å². The summed E-state index contributed by atoms with van der Waals surface area (Å²) in [6.07, 6.45) is 3.88. The highest BCUT2D eigenvalue weighted by atomic mass is 35.5. The number of nitrogens with zero attached hydrogens (tertiary/aromatic N) is 4. The van der Waals surface area contributed by atoms with Crippen LogP contribution >= 0.6 is 11.6 Å². The minimum atomic E-state index is -2.65. The van der Waals surface area contributed by atoms with Crippen molar-refractivity contribution in [3.63, 3.8) is 0 Å². The maximum Gasteiger partial charge on any atom is 0.248 e. The molecule has 0 bridgehead atoms. The molecule has 2 aliphatic carbocycles. The predicted octanol–water partition coefficient (Wildman–Crippen LogP) is 5.71. The molecule has 2 aromatic heterocycles. The average Bonchev–Trinajstić information content (AvgIpc) is 3.20. The largest absolute Gasteiger partial charge is 0.369 e. The Morgan fingerprint density at radius 1 is 1.05 bits per heavy atom.